The number of hydrogen-bond donors (Lipinski definition) is 0. The third-order valence-corrected chi connectivity index (χ3v) is 9.54. The monoisotopic (exact) mass is 640 g/mol. The van der Waals surface area contributed by atoms with Crippen LogP contribution in [0.15, 0.2) is 179 Å². The van der Waals surface area contributed by atoms with Crippen LogP contribution in [0.4, 0.5) is 0 Å². The van der Waals surface area contributed by atoms with Gasteiger partial charge in [-0.3, -0.25) is 0 Å². The van der Waals surface area contributed by atoms with Crippen molar-refractivity contribution in [3.05, 3.63) is 170 Å². The van der Waals surface area contributed by atoms with E-state index in [-0.39, 0.29) is 0 Å². The van der Waals surface area contributed by atoms with E-state index >= 15 is 0 Å². The van der Waals surface area contributed by atoms with Gasteiger partial charge < -0.3 is 8.83 Å². The van der Waals surface area contributed by atoms with Crippen molar-refractivity contribution in [3.8, 4) is 56.2 Å². The minimum absolute atomic E-state index is 0.657. The summed E-state index contributed by atoms with van der Waals surface area (Å²) in [5.74, 6) is 0.657. The number of hydrogen-bond acceptors (Lipinski definition) is 4. The van der Waals surface area contributed by atoms with E-state index in [2.05, 4.69) is 115 Å². The van der Waals surface area contributed by atoms with Gasteiger partial charge in [-0.2, -0.15) is 0 Å². The summed E-state index contributed by atoms with van der Waals surface area (Å²) >= 11 is 0. The minimum atomic E-state index is 0.657. The number of para-hydroxylation sites is 2. The fourth-order valence-electron chi connectivity index (χ4n) is 7.08. The minimum Gasteiger partial charge on any atom is -0.456 e. The first-order chi connectivity index (χ1) is 24.8. The molecule has 234 valence electrons. The van der Waals surface area contributed by atoms with E-state index in [9.17, 15) is 0 Å². The molecule has 0 unspecified atom stereocenters. The van der Waals surface area contributed by atoms with Gasteiger partial charge in [-0.25, -0.2) is 9.97 Å². The lowest BCUT2D eigenvalue weighted by Gasteiger charge is -2.12. The molecule has 0 aliphatic rings. The highest BCUT2D eigenvalue weighted by Crippen LogP contribution is 2.43. The van der Waals surface area contributed by atoms with Gasteiger partial charge in [-0.05, 0) is 58.7 Å². The van der Waals surface area contributed by atoms with E-state index in [4.69, 9.17) is 18.8 Å². The largest absolute Gasteiger partial charge is 0.456 e. The van der Waals surface area contributed by atoms with Crippen LogP contribution in [0.2, 0.25) is 0 Å². The van der Waals surface area contributed by atoms with Crippen molar-refractivity contribution in [1.29, 1.82) is 0 Å². The van der Waals surface area contributed by atoms with Gasteiger partial charge >= 0.3 is 0 Å². The zero-order chi connectivity index (χ0) is 33.0. The summed E-state index contributed by atoms with van der Waals surface area (Å²) in [7, 11) is 0. The molecule has 0 radical (unpaired) electrons. The Morgan fingerprint density at radius 2 is 0.900 bits per heavy atom. The lowest BCUT2D eigenvalue weighted by molar-refractivity contribution is 0.668. The molecule has 0 bridgehead atoms. The first-order valence-electron chi connectivity index (χ1n) is 16.7. The average Bonchev–Trinajstić information content (AvgIpc) is 3.77. The molecule has 10 rings (SSSR count). The molecule has 7 aromatic carbocycles. The summed E-state index contributed by atoms with van der Waals surface area (Å²) in [6.07, 6.45) is 0. The van der Waals surface area contributed by atoms with Gasteiger partial charge in [-0.15, -0.1) is 0 Å². The first kappa shape index (κ1) is 28.3. The molecule has 10 aromatic rings. The van der Waals surface area contributed by atoms with Crippen molar-refractivity contribution in [3.63, 3.8) is 0 Å². The highest BCUT2D eigenvalue weighted by Gasteiger charge is 2.20. The standard InChI is InChI=1S/C46H28N2O2/c1-3-11-29(12-4-1)30-19-21-32(22-20-30)46-47-39(31-13-5-2-6-14-31)28-40(48-46)37-26-25-34(44-38-16-8-10-18-42(38)50-45(37)44)33-23-24-36-35-15-7-9-17-41(35)49-43(36)27-33/h1-28H. The summed E-state index contributed by atoms with van der Waals surface area (Å²) < 4.78 is 13.0. The fraction of sp³-hybridized carbons (Fsp3) is 0. The second-order valence-electron chi connectivity index (χ2n) is 12.5. The highest BCUT2D eigenvalue weighted by atomic mass is 16.3. The highest BCUT2D eigenvalue weighted by molar-refractivity contribution is 6.17. The topological polar surface area (TPSA) is 52.1 Å². The van der Waals surface area contributed by atoms with Gasteiger partial charge in [0, 0.05) is 38.2 Å². The second kappa shape index (κ2) is 11.4. The van der Waals surface area contributed by atoms with Crippen LogP contribution in [0.3, 0.4) is 0 Å². The average molecular weight is 641 g/mol. The van der Waals surface area contributed by atoms with E-state index in [1.165, 1.54) is 5.56 Å². The van der Waals surface area contributed by atoms with Crippen molar-refractivity contribution in [1.82, 2.24) is 9.97 Å². The Morgan fingerprint density at radius 1 is 0.340 bits per heavy atom. The quantitative estimate of drug-likeness (QED) is 0.188. The molecule has 0 atom stereocenters. The van der Waals surface area contributed by atoms with Crippen molar-refractivity contribution in [2.75, 3.05) is 0 Å². The predicted octanol–water partition coefficient (Wildman–Crippen LogP) is 12.6. The van der Waals surface area contributed by atoms with Gasteiger partial charge in [-0.1, -0.05) is 133 Å². The molecule has 0 saturated heterocycles. The van der Waals surface area contributed by atoms with E-state index < -0.39 is 0 Å². The zero-order valence-electron chi connectivity index (χ0n) is 26.9. The maximum absolute atomic E-state index is 6.71. The Balaban J connectivity index is 1.17. The molecule has 4 heteroatoms. The molecule has 0 aliphatic carbocycles. The number of rotatable bonds is 5. The van der Waals surface area contributed by atoms with Crippen LogP contribution in [-0.4, -0.2) is 9.97 Å². The van der Waals surface area contributed by atoms with Crippen molar-refractivity contribution in [2.45, 2.75) is 0 Å². The van der Waals surface area contributed by atoms with Crippen LogP contribution in [0.5, 0.6) is 0 Å². The van der Waals surface area contributed by atoms with Crippen molar-refractivity contribution < 1.29 is 8.83 Å². The van der Waals surface area contributed by atoms with Crippen molar-refractivity contribution >= 4 is 43.9 Å². The van der Waals surface area contributed by atoms with E-state index in [0.29, 0.717) is 5.82 Å². The van der Waals surface area contributed by atoms with E-state index in [1.54, 1.807) is 0 Å². The van der Waals surface area contributed by atoms with Crippen LogP contribution < -0.4 is 0 Å². The normalized spacial score (nSPS) is 11.6. The Hall–Kier alpha value is -6.78. The fourth-order valence-corrected chi connectivity index (χ4v) is 7.08. The van der Waals surface area contributed by atoms with Crippen LogP contribution in [0.1, 0.15) is 0 Å². The van der Waals surface area contributed by atoms with Crippen LogP contribution in [-0.2, 0) is 0 Å². The van der Waals surface area contributed by atoms with Crippen molar-refractivity contribution in [2.24, 2.45) is 0 Å². The predicted molar refractivity (Wildman–Crippen MR) is 204 cm³/mol. The Bertz CT molecular complexity index is 2850. The number of furan rings is 2. The van der Waals surface area contributed by atoms with Gasteiger partial charge in [0.05, 0.1) is 11.4 Å². The van der Waals surface area contributed by atoms with Gasteiger partial charge in [0.15, 0.2) is 5.82 Å². The maximum Gasteiger partial charge on any atom is 0.160 e. The van der Waals surface area contributed by atoms with Gasteiger partial charge in [0.2, 0.25) is 0 Å². The first-order valence-corrected chi connectivity index (χ1v) is 16.7. The van der Waals surface area contributed by atoms with E-state index in [1.807, 2.05) is 54.6 Å². The Morgan fingerprint density at radius 3 is 1.68 bits per heavy atom. The molecule has 0 N–H and O–H groups in total. The second-order valence-corrected chi connectivity index (χ2v) is 12.5. The lowest BCUT2D eigenvalue weighted by atomic mass is 9.95. The van der Waals surface area contributed by atoms with Crippen LogP contribution in [0.25, 0.3) is 100 Å². The zero-order valence-corrected chi connectivity index (χ0v) is 26.9. The maximum atomic E-state index is 6.71. The molecule has 3 heterocycles. The molecule has 0 aliphatic heterocycles. The molecule has 0 amide bonds. The summed E-state index contributed by atoms with van der Waals surface area (Å²) in [6, 6.07) is 58.4. The third-order valence-electron chi connectivity index (χ3n) is 9.54. The van der Waals surface area contributed by atoms with Crippen LogP contribution >= 0.6 is 0 Å². The molecular weight excluding hydrogens is 613 g/mol. The molecule has 0 fully saturated rings. The molecule has 3 aromatic heterocycles. The van der Waals surface area contributed by atoms with Gasteiger partial charge in [0.25, 0.3) is 0 Å². The number of fused-ring (bicyclic) bond motifs is 6. The summed E-state index contributed by atoms with van der Waals surface area (Å²) in [5.41, 5.74) is 12.3. The molecule has 50 heavy (non-hydrogen) atoms. The summed E-state index contributed by atoms with van der Waals surface area (Å²) in [6.45, 7) is 0. The smallest absolute Gasteiger partial charge is 0.160 e. The van der Waals surface area contributed by atoms with Gasteiger partial charge in [0.1, 0.15) is 22.3 Å². The van der Waals surface area contributed by atoms with E-state index in [0.717, 1.165) is 88.6 Å². The SMILES string of the molecule is c1ccc(-c2ccc(-c3nc(-c4ccccc4)cc(-c4ccc(-c5ccc6c(c5)oc5ccccc56)c5c4oc4ccccc45)n3)cc2)cc1. The molecular formula is C46H28N2O2. The van der Waals surface area contributed by atoms with Crippen LogP contribution in [0, 0.1) is 0 Å². The number of benzene rings is 7. The molecule has 0 saturated carbocycles. The lowest BCUT2D eigenvalue weighted by Crippen LogP contribution is -1.96. The summed E-state index contributed by atoms with van der Waals surface area (Å²) in [4.78, 5) is 10.3. The Kier molecular flexibility index (Phi) is 6.46. The summed E-state index contributed by atoms with van der Waals surface area (Å²) in [5, 5.41) is 4.32. The third kappa shape index (κ3) is 4.69. The molecule has 0 spiro atoms. The number of nitrogens with zero attached hydrogens (tertiary/aromatic N) is 2. The molecule has 4 nitrogen and oxygen atoms in total. The number of aromatic nitrogens is 2. The Labute approximate surface area is 287 Å².